The van der Waals surface area contributed by atoms with E-state index in [1.165, 1.54) is 47.0 Å². The van der Waals surface area contributed by atoms with Crippen molar-refractivity contribution >= 4 is 29.5 Å². The molecular formula is C48H60N6O7. The number of nitrogens with two attached hydrogens (primary N) is 2. The SMILES string of the molecule is CN(C(=O)[C@H](CC1CCCCC1)NC(=O)[C@@H](N)Cc1cc(O)cc(O)c1)[C@@H](Cc1ccccc1)C(=O)N(C)[C@@H](Cc1ccccc1)C(=O)N(C)[C@@H](Cc1ccccc1)C(N)=O. The average molecular weight is 833 g/mol. The van der Waals surface area contributed by atoms with E-state index in [0.717, 1.165) is 48.8 Å². The maximum absolute atomic E-state index is 15.1. The Labute approximate surface area is 358 Å². The highest BCUT2D eigenvalue weighted by atomic mass is 16.3. The van der Waals surface area contributed by atoms with Gasteiger partial charge in [0.05, 0.1) is 6.04 Å². The van der Waals surface area contributed by atoms with Crippen molar-refractivity contribution in [3.8, 4) is 11.5 Å². The van der Waals surface area contributed by atoms with Gasteiger partial charge in [-0.3, -0.25) is 24.0 Å². The number of rotatable bonds is 19. The predicted molar refractivity (Wildman–Crippen MR) is 234 cm³/mol. The second kappa shape index (κ2) is 21.9. The molecule has 0 radical (unpaired) electrons. The van der Waals surface area contributed by atoms with Crippen LogP contribution in [0.15, 0.2) is 109 Å². The Bertz CT molecular complexity index is 2060. The van der Waals surface area contributed by atoms with Crippen LogP contribution in [0.4, 0.5) is 0 Å². The molecule has 0 heterocycles. The lowest BCUT2D eigenvalue weighted by Gasteiger charge is -2.38. The highest BCUT2D eigenvalue weighted by Gasteiger charge is 2.40. The molecule has 4 aromatic carbocycles. The van der Waals surface area contributed by atoms with Crippen molar-refractivity contribution in [1.29, 1.82) is 0 Å². The Morgan fingerprint density at radius 1 is 0.590 bits per heavy atom. The van der Waals surface area contributed by atoms with Gasteiger partial charge in [-0.15, -0.1) is 0 Å². The van der Waals surface area contributed by atoms with E-state index < -0.39 is 59.7 Å². The number of nitrogens with zero attached hydrogens (tertiary/aromatic N) is 3. The van der Waals surface area contributed by atoms with E-state index in [1.807, 2.05) is 91.0 Å². The minimum Gasteiger partial charge on any atom is -0.508 e. The van der Waals surface area contributed by atoms with Crippen LogP contribution in [-0.4, -0.2) is 106 Å². The Kier molecular flexibility index (Phi) is 16.4. The maximum atomic E-state index is 15.1. The number of benzene rings is 4. The number of hydrogen-bond donors (Lipinski definition) is 5. The molecule has 0 saturated heterocycles. The third-order valence-corrected chi connectivity index (χ3v) is 11.8. The Morgan fingerprint density at radius 2 is 1.00 bits per heavy atom. The highest BCUT2D eigenvalue weighted by Crippen LogP contribution is 2.29. The first kappa shape index (κ1) is 45.9. The summed E-state index contributed by atoms with van der Waals surface area (Å²) in [5, 5.41) is 22.9. The molecule has 0 spiro atoms. The van der Waals surface area contributed by atoms with Gasteiger partial charge in [-0.25, -0.2) is 0 Å². The van der Waals surface area contributed by atoms with Gasteiger partial charge in [-0.1, -0.05) is 123 Å². The number of phenolic OH excluding ortho intramolecular Hbond substituents is 2. The van der Waals surface area contributed by atoms with Crippen molar-refractivity contribution in [3.05, 3.63) is 131 Å². The molecule has 0 aliphatic heterocycles. The van der Waals surface area contributed by atoms with Gasteiger partial charge in [0.1, 0.15) is 35.7 Å². The summed E-state index contributed by atoms with van der Waals surface area (Å²) >= 11 is 0. The molecular weight excluding hydrogens is 773 g/mol. The summed E-state index contributed by atoms with van der Waals surface area (Å²) in [6.07, 6.45) is 5.61. The molecule has 5 amide bonds. The normalized spacial score (nSPS) is 15.3. The standard InChI is InChI=1S/C48H60N6O7/c1-52(41(44(50)57)28-33-18-10-5-11-19-33)47(60)43(30-35-22-14-7-15-23-35)54(3)48(61)42(29-34-20-12-6-13-21-34)53(2)46(59)40(27-32-16-8-4-9-17-32)51-45(58)39(49)26-36-24-37(55)31-38(56)25-36/h5-7,10-15,18-25,31-32,39-43,55-56H,4,8-9,16-17,26-30,49H2,1-3H3,(H2,50,57)(H,51,58)/t39-,40-,41-,42-,43-/m0/s1. The fourth-order valence-corrected chi connectivity index (χ4v) is 8.27. The molecule has 324 valence electrons. The van der Waals surface area contributed by atoms with Crippen molar-refractivity contribution in [2.45, 2.75) is 94.4 Å². The average Bonchev–Trinajstić information content (AvgIpc) is 3.25. The summed E-state index contributed by atoms with van der Waals surface area (Å²) in [6.45, 7) is 0. The van der Waals surface area contributed by atoms with E-state index in [1.54, 1.807) is 7.05 Å². The summed E-state index contributed by atoms with van der Waals surface area (Å²) in [6, 6.07) is 26.4. The number of carbonyl (C=O) groups excluding carboxylic acids is 5. The van der Waals surface area contributed by atoms with Crippen molar-refractivity contribution in [3.63, 3.8) is 0 Å². The molecule has 0 bridgehead atoms. The number of carbonyl (C=O) groups is 5. The molecule has 13 heteroatoms. The van der Waals surface area contributed by atoms with Crippen LogP contribution in [-0.2, 0) is 49.7 Å². The Hall–Kier alpha value is -6.21. The van der Waals surface area contributed by atoms with Crippen LogP contribution >= 0.6 is 0 Å². The third kappa shape index (κ3) is 12.9. The van der Waals surface area contributed by atoms with Gasteiger partial charge in [0, 0.05) is 46.5 Å². The second-order valence-corrected chi connectivity index (χ2v) is 16.3. The van der Waals surface area contributed by atoms with Gasteiger partial charge < -0.3 is 41.7 Å². The molecule has 0 aromatic heterocycles. The zero-order chi connectivity index (χ0) is 44.1. The van der Waals surface area contributed by atoms with Gasteiger partial charge >= 0.3 is 0 Å². The molecule has 0 unspecified atom stereocenters. The van der Waals surface area contributed by atoms with Gasteiger partial charge in [0.25, 0.3) is 0 Å². The van der Waals surface area contributed by atoms with E-state index in [2.05, 4.69) is 5.32 Å². The van der Waals surface area contributed by atoms with Crippen molar-refractivity contribution in [2.24, 2.45) is 17.4 Å². The van der Waals surface area contributed by atoms with Gasteiger partial charge in [-0.05, 0) is 53.1 Å². The summed E-state index contributed by atoms with van der Waals surface area (Å²) in [7, 11) is 4.59. The fraction of sp³-hybridized carbons (Fsp3) is 0.396. The van der Waals surface area contributed by atoms with Crippen LogP contribution in [0.1, 0.15) is 60.8 Å². The smallest absolute Gasteiger partial charge is 0.246 e. The largest absolute Gasteiger partial charge is 0.508 e. The monoisotopic (exact) mass is 832 g/mol. The maximum Gasteiger partial charge on any atom is 0.246 e. The fourth-order valence-electron chi connectivity index (χ4n) is 8.27. The molecule has 5 atom stereocenters. The van der Waals surface area contributed by atoms with Crippen LogP contribution < -0.4 is 16.8 Å². The van der Waals surface area contributed by atoms with E-state index in [4.69, 9.17) is 11.5 Å². The van der Waals surface area contributed by atoms with Gasteiger partial charge in [0.2, 0.25) is 29.5 Å². The summed E-state index contributed by atoms with van der Waals surface area (Å²) in [5.41, 5.74) is 15.1. The van der Waals surface area contributed by atoms with E-state index in [0.29, 0.717) is 12.0 Å². The topological polar surface area (TPSA) is 200 Å². The van der Waals surface area contributed by atoms with E-state index >= 15 is 4.79 Å². The lowest BCUT2D eigenvalue weighted by atomic mass is 9.84. The van der Waals surface area contributed by atoms with Crippen molar-refractivity contribution in [2.75, 3.05) is 21.1 Å². The van der Waals surface area contributed by atoms with E-state index in [9.17, 15) is 29.4 Å². The predicted octanol–water partition coefficient (Wildman–Crippen LogP) is 4.12. The van der Waals surface area contributed by atoms with Crippen LogP contribution in [0.2, 0.25) is 0 Å². The van der Waals surface area contributed by atoms with Crippen LogP contribution in [0.3, 0.4) is 0 Å². The second-order valence-electron chi connectivity index (χ2n) is 16.3. The Balaban J connectivity index is 1.46. The summed E-state index contributed by atoms with van der Waals surface area (Å²) in [5.74, 6) is -2.97. The zero-order valence-electron chi connectivity index (χ0n) is 35.4. The quantitative estimate of drug-likeness (QED) is 0.0930. The number of primary amides is 1. The number of amides is 5. The molecule has 1 aliphatic carbocycles. The minimum atomic E-state index is -1.12. The molecule has 1 aliphatic rings. The number of likely N-dealkylation sites (N-methyl/N-ethyl adjacent to an activating group) is 3. The van der Waals surface area contributed by atoms with E-state index in [-0.39, 0.29) is 43.1 Å². The number of phenols is 2. The molecule has 7 N–H and O–H groups in total. The van der Waals surface area contributed by atoms with Crippen molar-refractivity contribution in [1.82, 2.24) is 20.0 Å². The number of hydrogen-bond acceptors (Lipinski definition) is 8. The zero-order valence-corrected chi connectivity index (χ0v) is 35.4. The first-order chi connectivity index (χ1) is 29.2. The van der Waals surface area contributed by atoms with Crippen LogP contribution in [0.5, 0.6) is 11.5 Å². The summed E-state index contributed by atoms with van der Waals surface area (Å²) < 4.78 is 0. The Morgan fingerprint density at radius 3 is 1.44 bits per heavy atom. The van der Waals surface area contributed by atoms with Gasteiger partial charge in [-0.2, -0.15) is 0 Å². The van der Waals surface area contributed by atoms with Crippen LogP contribution in [0, 0.1) is 5.92 Å². The molecule has 61 heavy (non-hydrogen) atoms. The molecule has 13 nitrogen and oxygen atoms in total. The number of aromatic hydroxyl groups is 2. The van der Waals surface area contributed by atoms with Gasteiger partial charge in [0.15, 0.2) is 0 Å². The molecule has 1 fully saturated rings. The summed E-state index contributed by atoms with van der Waals surface area (Å²) in [4.78, 5) is 75.2. The third-order valence-electron chi connectivity index (χ3n) is 11.8. The minimum absolute atomic E-state index is 0.0128. The lowest BCUT2D eigenvalue weighted by molar-refractivity contribution is -0.152. The molecule has 5 rings (SSSR count). The lowest BCUT2D eigenvalue weighted by Crippen LogP contribution is -2.60. The number of nitrogens with one attached hydrogen (secondary N) is 1. The van der Waals surface area contributed by atoms with Crippen LogP contribution in [0.25, 0.3) is 0 Å². The highest BCUT2D eigenvalue weighted by molar-refractivity contribution is 5.96. The molecule has 4 aromatic rings. The molecule has 1 saturated carbocycles. The first-order valence-electron chi connectivity index (χ1n) is 21.0. The first-order valence-corrected chi connectivity index (χ1v) is 21.0. The van der Waals surface area contributed by atoms with Crippen molar-refractivity contribution < 1.29 is 34.2 Å².